The Kier molecular flexibility index (Phi) is 3.53. The van der Waals surface area contributed by atoms with Crippen molar-refractivity contribution in [3.05, 3.63) is 0 Å². The van der Waals surface area contributed by atoms with Crippen LogP contribution in [0.4, 0.5) is 0 Å². The van der Waals surface area contributed by atoms with E-state index in [1.54, 1.807) is 0 Å². The summed E-state index contributed by atoms with van der Waals surface area (Å²) in [5.74, 6) is 0.882. The zero-order valence-corrected chi connectivity index (χ0v) is 10.5. The molecule has 16 heavy (non-hydrogen) atoms. The van der Waals surface area contributed by atoms with Gasteiger partial charge >= 0.3 is 0 Å². The minimum atomic E-state index is -0.0394. The van der Waals surface area contributed by atoms with Crippen molar-refractivity contribution in [3.63, 3.8) is 0 Å². The summed E-state index contributed by atoms with van der Waals surface area (Å²) in [5, 5.41) is 6.59. The normalized spacial score (nSPS) is 32.9. The van der Waals surface area contributed by atoms with E-state index in [4.69, 9.17) is 0 Å². The molecule has 0 spiro atoms. The van der Waals surface area contributed by atoms with Gasteiger partial charge in [0.05, 0.1) is 0 Å². The van der Waals surface area contributed by atoms with Gasteiger partial charge in [-0.05, 0) is 31.7 Å². The number of carbonyl (C=O) groups excluding carboxylic acids is 1. The summed E-state index contributed by atoms with van der Waals surface area (Å²) >= 11 is 0. The molecule has 1 amide bonds. The van der Waals surface area contributed by atoms with Crippen LogP contribution in [0.25, 0.3) is 0 Å². The quantitative estimate of drug-likeness (QED) is 0.766. The maximum absolute atomic E-state index is 12.4. The third-order valence-electron chi connectivity index (χ3n) is 4.55. The molecule has 1 saturated carbocycles. The molecule has 2 unspecified atom stereocenters. The van der Waals surface area contributed by atoms with Crippen molar-refractivity contribution < 1.29 is 4.79 Å². The molecular weight excluding hydrogens is 200 g/mol. The van der Waals surface area contributed by atoms with Crippen molar-refractivity contribution in [1.29, 1.82) is 0 Å². The summed E-state index contributed by atoms with van der Waals surface area (Å²) in [6, 6.07) is 0.344. The van der Waals surface area contributed by atoms with E-state index in [9.17, 15) is 4.79 Å². The van der Waals surface area contributed by atoms with Crippen LogP contribution >= 0.6 is 0 Å². The summed E-state index contributed by atoms with van der Waals surface area (Å²) in [4.78, 5) is 12.4. The largest absolute Gasteiger partial charge is 0.351 e. The van der Waals surface area contributed by atoms with E-state index in [0.29, 0.717) is 17.9 Å². The van der Waals surface area contributed by atoms with Gasteiger partial charge in [0.2, 0.25) is 5.91 Å². The van der Waals surface area contributed by atoms with E-state index in [0.717, 1.165) is 32.4 Å². The van der Waals surface area contributed by atoms with E-state index < -0.39 is 0 Å². The molecule has 0 radical (unpaired) electrons. The second-order valence-electron chi connectivity index (χ2n) is 5.56. The van der Waals surface area contributed by atoms with Crippen LogP contribution in [0.5, 0.6) is 0 Å². The van der Waals surface area contributed by atoms with Crippen molar-refractivity contribution >= 4 is 5.91 Å². The Bertz CT molecular complexity index is 259. The fourth-order valence-corrected chi connectivity index (χ4v) is 3.12. The Labute approximate surface area is 98.4 Å². The van der Waals surface area contributed by atoms with Crippen LogP contribution in [0.2, 0.25) is 0 Å². The van der Waals surface area contributed by atoms with Crippen LogP contribution in [-0.4, -0.2) is 25.0 Å². The van der Waals surface area contributed by atoms with Crippen LogP contribution in [0, 0.1) is 11.3 Å². The first-order valence-corrected chi connectivity index (χ1v) is 6.69. The number of amides is 1. The van der Waals surface area contributed by atoms with Crippen molar-refractivity contribution in [2.24, 2.45) is 11.3 Å². The van der Waals surface area contributed by atoms with Crippen molar-refractivity contribution in [3.8, 4) is 0 Å². The summed E-state index contributed by atoms with van der Waals surface area (Å²) in [7, 11) is 0. The highest BCUT2D eigenvalue weighted by Gasteiger charge is 2.40. The molecule has 1 aliphatic heterocycles. The minimum absolute atomic E-state index is 0.0394. The van der Waals surface area contributed by atoms with Crippen LogP contribution in [0.15, 0.2) is 0 Å². The molecule has 2 rings (SSSR count). The zero-order chi connectivity index (χ0) is 11.6. The van der Waals surface area contributed by atoms with Gasteiger partial charge in [-0.3, -0.25) is 4.79 Å². The molecule has 1 aliphatic carbocycles. The Morgan fingerprint density at radius 2 is 2.06 bits per heavy atom. The monoisotopic (exact) mass is 224 g/mol. The molecule has 0 aromatic rings. The van der Waals surface area contributed by atoms with E-state index >= 15 is 0 Å². The molecule has 0 aromatic carbocycles. The number of hydrogen-bond acceptors (Lipinski definition) is 2. The van der Waals surface area contributed by atoms with Gasteiger partial charge in [-0.15, -0.1) is 0 Å². The first-order valence-electron chi connectivity index (χ1n) is 6.69. The first-order chi connectivity index (χ1) is 7.68. The molecule has 2 atom stereocenters. The Morgan fingerprint density at radius 1 is 1.38 bits per heavy atom. The van der Waals surface area contributed by atoms with E-state index in [2.05, 4.69) is 24.5 Å². The van der Waals surface area contributed by atoms with Gasteiger partial charge in [0.15, 0.2) is 0 Å². The predicted octanol–water partition coefficient (Wildman–Crippen LogP) is 1.68. The number of nitrogens with one attached hydrogen (secondary N) is 2. The fraction of sp³-hybridized carbons (Fsp3) is 0.923. The summed E-state index contributed by atoms with van der Waals surface area (Å²) in [5.41, 5.74) is -0.0394. The number of rotatable bonds is 3. The van der Waals surface area contributed by atoms with Crippen molar-refractivity contribution in [1.82, 2.24) is 10.6 Å². The lowest BCUT2D eigenvalue weighted by atomic mass is 9.82. The maximum Gasteiger partial charge on any atom is 0.226 e. The van der Waals surface area contributed by atoms with Gasteiger partial charge in [-0.2, -0.15) is 0 Å². The van der Waals surface area contributed by atoms with Gasteiger partial charge in [0, 0.05) is 18.0 Å². The average molecular weight is 224 g/mol. The fourth-order valence-electron chi connectivity index (χ4n) is 3.12. The smallest absolute Gasteiger partial charge is 0.226 e. The molecule has 0 aromatic heterocycles. The van der Waals surface area contributed by atoms with Crippen LogP contribution in [-0.2, 0) is 4.79 Å². The van der Waals surface area contributed by atoms with Crippen LogP contribution in [0.3, 0.4) is 0 Å². The van der Waals surface area contributed by atoms with Gasteiger partial charge in [0.1, 0.15) is 0 Å². The Hall–Kier alpha value is -0.570. The molecule has 2 N–H and O–H groups in total. The molecule has 92 valence electrons. The van der Waals surface area contributed by atoms with Gasteiger partial charge < -0.3 is 10.6 Å². The van der Waals surface area contributed by atoms with Gasteiger partial charge in [-0.25, -0.2) is 0 Å². The van der Waals surface area contributed by atoms with Crippen LogP contribution in [0.1, 0.15) is 46.0 Å². The third kappa shape index (κ3) is 2.10. The summed E-state index contributed by atoms with van der Waals surface area (Å²) in [6.45, 7) is 6.33. The SMILES string of the molecule is CCC1(C(=O)NC2CNCC2C)CCCC1. The topological polar surface area (TPSA) is 41.1 Å². The molecule has 0 bridgehead atoms. The molecule has 2 fully saturated rings. The summed E-state index contributed by atoms with van der Waals surface area (Å²) in [6.07, 6.45) is 5.61. The van der Waals surface area contributed by atoms with Crippen LogP contribution < -0.4 is 10.6 Å². The molecule has 1 saturated heterocycles. The molecule has 1 heterocycles. The lowest BCUT2D eigenvalue weighted by Gasteiger charge is -2.29. The molecule has 3 nitrogen and oxygen atoms in total. The first kappa shape index (κ1) is 11.9. The van der Waals surface area contributed by atoms with Gasteiger partial charge in [-0.1, -0.05) is 26.7 Å². The zero-order valence-electron chi connectivity index (χ0n) is 10.5. The number of hydrogen-bond donors (Lipinski definition) is 2. The standard InChI is InChI=1S/C13H24N2O/c1-3-13(6-4-5-7-13)12(16)15-11-9-14-8-10(11)2/h10-11,14H,3-9H2,1-2H3,(H,15,16). The average Bonchev–Trinajstić information content (AvgIpc) is 2.89. The Morgan fingerprint density at radius 3 is 2.56 bits per heavy atom. The highest BCUT2D eigenvalue weighted by Crippen LogP contribution is 2.41. The second kappa shape index (κ2) is 4.74. The lowest BCUT2D eigenvalue weighted by molar-refractivity contribution is -0.131. The van der Waals surface area contributed by atoms with Crippen molar-refractivity contribution in [2.75, 3.05) is 13.1 Å². The third-order valence-corrected chi connectivity index (χ3v) is 4.55. The van der Waals surface area contributed by atoms with E-state index in [1.807, 2.05) is 0 Å². The molecule has 2 aliphatic rings. The second-order valence-corrected chi connectivity index (χ2v) is 5.56. The molecular formula is C13H24N2O. The highest BCUT2D eigenvalue weighted by molar-refractivity contribution is 5.83. The predicted molar refractivity (Wildman–Crippen MR) is 65.2 cm³/mol. The van der Waals surface area contributed by atoms with E-state index in [1.165, 1.54) is 12.8 Å². The Balaban J connectivity index is 1.96. The maximum atomic E-state index is 12.4. The van der Waals surface area contributed by atoms with E-state index in [-0.39, 0.29) is 5.41 Å². The number of carbonyl (C=O) groups is 1. The van der Waals surface area contributed by atoms with Gasteiger partial charge in [0.25, 0.3) is 0 Å². The summed E-state index contributed by atoms with van der Waals surface area (Å²) < 4.78 is 0. The highest BCUT2D eigenvalue weighted by atomic mass is 16.2. The molecule has 3 heteroatoms. The lowest BCUT2D eigenvalue weighted by Crippen LogP contribution is -2.46. The minimum Gasteiger partial charge on any atom is -0.351 e. The van der Waals surface area contributed by atoms with Crippen molar-refractivity contribution in [2.45, 2.75) is 52.0 Å².